The Kier molecular flexibility index (Phi) is 2.38. The Balaban J connectivity index is 2.91. The van der Waals surface area contributed by atoms with Crippen LogP contribution in [0.2, 0.25) is 0 Å². The number of pyridine rings is 1. The maximum Gasteiger partial charge on any atom is 0.0735 e. The fourth-order valence-electron chi connectivity index (χ4n) is 2.22. The lowest BCUT2D eigenvalue weighted by Crippen LogP contribution is -2.15. The van der Waals surface area contributed by atoms with Gasteiger partial charge in [-0.2, -0.15) is 0 Å². The van der Waals surface area contributed by atoms with Crippen LogP contribution < -0.4 is 5.73 Å². The predicted molar refractivity (Wildman–Crippen MR) is 69.6 cm³/mol. The monoisotopic (exact) mass is 214 g/mol. The van der Waals surface area contributed by atoms with E-state index in [-0.39, 0.29) is 5.41 Å². The van der Waals surface area contributed by atoms with Crippen LogP contribution in [0.3, 0.4) is 0 Å². The number of hydrogen-bond acceptors (Lipinski definition) is 2. The van der Waals surface area contributed by atoms with Crippen molar-refractivity contribution in [2.75, 3.05) is 5.73 Å². The van der Waals surface area contributed by atoms with Crippen molar-refractivity contribution in [1.82, 2.24) is 4.98 Å². The number of rotatable bonds is 0. The van der Waals surface area contributed by atoms with Crippen LogP contribution in [0, 0.1) is 6.92 Å². The number of benzene rings is 1. The van der Waals surface area contributed by atoms with Crippen molar-refractivity contribution in [3.8, 4) is 0 Å². The van der Waals surface area contributed by atoms with Gasteiger partial charge in [-0.3, -0.25) is 4.98 Å². The van der Waals surface area contributed by atoms with Crippen molar-refractivity contribution >= 4 is 16.6 Å². The molecule has 0 saturated carbocycles. The molecular weight excluding hydrogens is 196 g/mol. The molecule has 2 heteroatoms. The van der Waals surface area contributed by atoms with E-state index in [0.29, 0.717) is 0 Å². The molecule has 2 rings (SSSR count). The van der Waals surface area contributed by atoms with Gasteiger partial charge in [0.15, 0.2) is 0 Å². The molecule has 2 nitrogen and oxygen atoms in total. The summed E-state index contributed by atoms with van der Waals surface area (Å²) >= 11 is 0. The van der Waals surface area contributed by atoms with Crippen LogP contribution in [0.1, 0.15) is 31.9 Å². The molecule has 2 N–H and O–H groups in total. The number of fused-ring (bicyclic) bond motifs is 1. The van der Waals surface area contributed by atoms with Crippen molar-refractivity contribution < 1.29 is 0 Å². The van der Waals surface area contributed by atoms with E-state index < -0.39 is 0 Å². The lowest BCUT2D eigenvalue weighted by Gasteiger charge is -2.23. The number of nitrogens with two attached hydrogens (primary N) is 1. The van der Waals surface area contributed by atoms with E-state index in [1.807, 2.05) is 0 Å². The first-order valence-electron chi connectivity index (χ1n) is 5.55. The minimum absolute atomic E-state index is 0.0407. The summed E-state index contributed by atoms with van der Waals surface area (Å²) in [6, 6.07) is 6.25. The van der Waals surface area contributed by atoms with E-state index >= 15 is 0 Å². The van der Waals surface area contributed by atoms with E-state index in [4.69, 9.17) is 5.73 Å². The smallest absolute Gasteiger partial charge is 0.0735 e. The van der Waals surface area contributed by atoms with Crippen LogP contribution in [-0.4, -0.2) is 4.98 Å². The Bertz CT molecular complexity index is 536. The van der Waals surface area contributed by atoms with Crippen LogP contribution in [0.4, 0.5) is 5.69 Å². The van der Waals surface area contributed by atoms with Crippen molar-refractivity contribution in [2.24, 2.45) is 0 Å². The predicted octanol–water partition coefficient (Wildman–Crippen LogP) is 3.42. The summed E-state index contributed by atoms with van der Waals surface area (Å²) in [6.07, 6.45) is 1.77. The Morgan fingerprint density at radius 3 is 2.50 bits per heavy atom. The number of aryl methyl sites for hydroxylation is 1. The van der Waals surface area contributed by atoms with Crippen molar-refractivity contribution in [1.29, 1.82) is 0 Å². The molecule has 0 radical (unpaired) electrons. The second-order valence-electron chi connectivity index (χ2n) is 5.31. The Morgan fingerprint density at radius 1 is 1.19 bits per heavy atom. The van der Waals surface area contributed by atoms with E-state index in [9.17, 15) is 0 Å². The fourth-order valence-corrected chi connectivity index (χ4v) is 2.22. The lowest BCUT2D eigenvalue weighted by atomic mass is 9.83. The summed E-state index contributed by atoms with van der Waals surface area (Å²) in [6.45, 7) is 8.62. The summed E-state index contributed by atoms with van der Waals surface area (Å²) in [5, 5.41) is 1.17. The van der Waals surface area contributed by atoms with Gasteiger partial charge in [-0.15, -0.1) is 0 Å². The molecule has 1 heterocycles. The second kappa shape index (κ2) is 3.48. The number of aromatic nitrogens is 1. The first kappa shape index (κ1) is 10.9. The molecule has 0 fully saturated rings. The maximum atomic E-state index is 6.06. The van der Waals surface area contributed by atoms with E-state index in [0.717, 1.165) is 11.2 Å². The Labute approximate surface area is 96.5 Å². The van der Waals surface area contributed by atoms with E-state index in [1.54, 1.807) is 6.20 Å². The first-order valence-corrected chi connectivity index (χ1v) is 5.55. The summed E-state index contributed by atoms with van der Waals surface area (Å²) in [4.78, 5) is 4.43. The van der Waals surface area contributed by atoms with Crippen molar-refractivity contribution in [3.05, 3.63) is 35.5 Å². The first-order chi connectivity index (χ1) is 7.41. The van der Waals surface area contributed by atoms with Crippen LogP contribution >= 0.6 is 0 Å². The molecule has 0 spiro atoms. The summed E-state index contributed by atoms with van der Waals surface area (Å²) in [5.74, 6) is 0. The molecule has 84 valence electrons. The molecule has 0 aliphatic heterocycles. The highest BCUT2D eigenvalue weighted by Gasteiger charge is 2.20. The molecule has 0 aliphatic rings. The van der Waals surface area contributed by atoms with E-state index in [1.165, 1.54) is 16.5 Å². The molecular formula is C14H18N2. The minimum Gasteiger partial charge on any atom is -0.397 e. The van der Waals surface area contributed by atoms with Crippen molar-refractivity contribution in [2.45, 2.75) is 33.1 Å². The normalized spacial score (nSPS) is 12.0. The molecule has 1 aromatic carbocycles. The van der Waals surface area contributed by atoms with Gasteiger partial charge in [0.1, 0.15) is 0 Å². The molecule has 1 aromatic heterocycles. The largest absolute Gasteiger partial charge is 0.397 e. The van der Waals surface area contributed by atoms with Crippen LogP contribution in [0.15, 0.2) is 24.4 Å². The number of para-hydroxylation sites is 1. The van der Waals surface area contributed by atoms with Gasteiger partial charge in [-0.25, -0.2) is 0 Å². The van der Waals surface area contributed by atoms with Crippen LogP contribution in [0.5, 0.6) is 0 Å². The standard InChI is InChI=1S/C14H18N2/c1-9-6-5-7-10-12(14(2,3)4)11(15)8-16-13(9)10/h5-8H,15H2,1-4H3. The molecule has 16 heavy (non-hydrogen) atoms. The van der Waals surface area contributed by atoms with E-state index in [2.05, 4.69) is 50.9 Å². The minimum atomic E-state index is 0.0407. The van der Waals surface area contributed by atoms with Gasteiger partial charge in [-0.1, -0.05) is 39.0 Å². The molecule has 0 saturated heterocycles. The van der Waals surface area contributed by atoms with Gasteiger partial charge in [0.05, 0.1) is 17.4 Å². The molecule has 2 aromatic rings. The quantitative estimate of drug-likeness (QED) is 0.729. The highest BCUT2D eigenvalue weighted by atomic mass is 14.7. The molecule has 0 unspecified atom stereocenters. The van der Waals surface area contributed by atoms with Gasteiger partial charge in [0.2, 0.25) is 0 Å². The van der Waals surface area contributed by atoms with Gasteiger partial charge in [0.25, 0.3) is 0 Å². The topological polar surface area (TPSA) is 38.9 Å². The summed E-state index contributed by atoms with van der Waals surface area (Å²) in [7, 11) is 0. The SMILES string of the molecule is Cc1cccc2c(C(C)(C)C)c(N)cnc12. The zero-order valence-electron chi connectivity index (χ0n) is 10.3. The lowest BCUT2D eigenvalue weighted by molar-refractivity contribution is 0.597. The average molecular weight is 214 g/mol. The third-order valence-corrected chi connectivity index (χ3v) is 2.88. The molecule has 0 atom stereocenters. The number of anilines is 1. The van der Waals surface area contributed by atoms with Crippen LogP contribution in [0.25, 0.3) is 10.9 Å². The third-order valence-electron chi connectivity index (χ3n) is 2.88. The van der Waals surface area contributed by atoms with Crippen molar-refractivity contribution in [3.63, 3.8) is 0 Å². The van der Waals surface area contributed by atoms with Gasteiger partial charge < -0.3 is 5.73 Å². The Hall–Kier alpha value is -1.57. The highest BCUT2D eigenvalue weighted by molar-refractivity contribution is 5.89. The molecule has 0 amide bonds. The zero-order chi connectivity index (χ0) is 11.9. The van der Waals surface area contributed by atoms with Gasteiger partial charge in [-0.05, 0) is 23.5 Å². The number of nitrogen functional groups attached to an aromatic ring is 1. The zero-order valence-corrected chi connectivity index (χ0v) is 10.3. The van der Waals surface area contributed by atoms with Gasteiger partial charge >= 0.3 is 0 Å². The Morgan fingerprint density at radius 2 is 1.88 bits per heavy atom. The third kappa shape index (κ3) is 1.64. The molecule has 0 aliphatic carbocycles. The fraction of sp³-hybridized carbons (Fsp3) is 0.357. The maximum absolute atomic E-state index is 6.06. The second-order valence-corrected chi connectivity index (χ2v) is 5.31. The molecule has 0 bridgehead atoms. The number of hydrogen-bond donors (Lipinski definition) is 1. The van der Waals surface area contributed by atoms with Gasteiger partial charge in [0, 0.05) is 5.39 Å². The number of nitrogens with zero attached hydrogens (tertiary/aromatic N) is 1. The highest BCUT2D eigenvalue weighted by Crippen LogP contribution is 2.34. The average Bonchev–Trinajstić information content (AvgIpc) is 2.15. The van der Waals surface area contributed by atoms with Crippen LogP contribution in [-0.2, 0) is 5.41 Å². The summed E-state index contributed by atoms with van der Waals surface area (Å²) < 4.78 is 0. The summed E-state index contributed by atoms with van der Waals surface area (Å²) in [5.41, 5.74) is 10.3.